The van der Waals surface area contributed by atoms with Crippen LogP contribution in [-0.2, 0) is 20.1 Å². The summed E-state index contributed by atoms with van der Waals surface area (Å²) in [7, 11) is -3.62. The number of thiophene rings is 1. The number of halogens is 1. The predicted molar refractivity (Wildman–Crippen MR) is 107 cm³/mol. The highest BCUT2D eigenvalue weighted by molar-refractivity contribution is 7.92. The van der Waals surface area contributed by atoms with Gasteiger partial charge in [-0.25, -0.2) is 13.2 Å². The van der Waals surface area contributed by atoms with Gasteiger partial charge in [0.25, 0.3) is 0 Å². The fourth-order valence-corrected chi connectivity index (χ4v) is 6.02. The smallest absolute Gasteiger partial charge is 0.435 e. The van der Waals surface area contributed by atoms with Crippen molar-refractivity contribution in [2.75, 3.05) is 5.75 Å². The van der Waals surface area contributed by atoms with Crippen LogP contribution >= 0.6 is 22.9 Å². The molecule has 1 N–H and O–H groups in total. The van der Waals surface area contributed by atoms with Crippen molar-refractivity contribution in [1.82, 2.24) is 5.32 Å². The van der Waals surface area contributed by atoms with Crippen molar-refractivity contribution in [2.24, 2.45) is 4.99 Å². The fourth-order valence-electron chi connectivity index (χ4n) is 2.66. The minimum absolute atomic E-state index is 0.00755. The summed E-state index contributed by atoms with van der Waals surface area (Å²) in [6.07, 6.45) is -0.877. The van der Waals surface area contributed by atoms with Crippen molar-refractivity contribution in [3.8, 4) is 0 Å². The zero-order chi connectivity index (χ0) is 20.8. The molecule has 0 aromatic carbocycles. The molecule has 10 heteroatoms. The molecule has 2 rings (SSSR count). The Morgan fingerprint density at radius 3 is 2.48 bits per heavy atom. The van der Waals surface area contributed by atoms with Crippen LogP contribution in [0.4, 0.5) is 4.79 Å². The fraction of sp³-hybridized carbons (Fsp3) is 0.588. The second-order valence-electron chi connectivity index (χ2n) is 7.73. The molecule has 7 nitrogen and oxygen atoms in total. The molecule has 1 amide bonds. The quantitative estimate of drug-likeness (QED) is 0.714. The maximum Gasteiger partial charge on any atom is 0.435 e. The Hall–Kier alpha value is -1.45. The summed E-state index contributed by atoms with van der Waals surface area (Å²) in [5, 5.41) is 2.34. The maximum absolute atomic E-state index is 12.7. The predicted octanol–water partition coefficient (Wildman–Crippen LogP) is 3.56. The summed E-state index contributed by atoms with van der Waals surface area (Å²) < 4.78 is 30.6. The summed E-state index contributed by atoms with van der Waals surface area (Å²) in [6.45, 7) is 9.61. The Morgan fingerprint density at radius 2 is 2.00 bits per heavy atom. The summed E-state index contributed by atoms with van der Waals surface area (Å²) in [5.41, 5.74) is -1.88. The lowest BCUT2D eigenvalue weighted by Crippen LogP contribution is -2.59. The van der Waals surface area contributed by atoms with E-state index in [1.165, 1.54) is 19.9 Å². The van der Waals surface area contributed by atoms with Gasteiger partial charge in [-0.3, -0.25) is 4.79 Å². The first kappa shape index (κ1) is 21.8. The van der Waals surface area contributed by atoms with Crippen molar-refractivity contribution in [1.29, 1.82) is 0 Å². The standard InChI is InChI=1S/C17H23ClN2O5S2/c1-9(21)12-7-11(18)13(26-12)17(6)8-27(23,24)10(2)14(20-17)19-15(22)25-16(3,4)5/h7,10H,8H2,1-6H3,(H,19,20,22)/t10?,17-/m0/s1. The van der Waals surface area contributed by atoms with Crippen molar-refractivity contribution in [3.63, 3.8) is 0 Å². The topological polar surface area (TPSA) is 102 Å². The number of carbonyl (C=O) groups is 2. The Morgan fingerprint density at radius 1 is 1.41 bits per heavy atom. The number of aliphatic imine (C=N–C) groups is 1. The van der Waals surface area contributed by atoms with Crippen LogP contribution in [0.1, 0.15) is 56.1 Å². The average molecular weight is 435 g/mol. The van der Waals surface area contributed by atoms with Gasteiger partial charge in [-0.05, 0) is 47.6 Å². The zero-order valence-corrected chi connectivity index (χ0v) is 18.4. The number of carbonyl (C=O) groups excluding carboxylic acids is 2. The maximum atomic E-state index is 12.7. The van der Waals surface area contributed by atoms with Crippen molar-refractivity contribution in [2.45, 2.75) is 57.9 Å². The third kappa shape index (κ3) is 4.89. The number of nitrogens with one attached hydrogen (secondary N) is 1. The number of amidine groups is 1. The van der Waals surface area contributed by atoms with Gasteiger partial charge in [-0.15, -0.1) is 11.3 Å². The van der Waals surface area contributed by atoms with E-state index in [0.29, 0.717) is 14.8 Å². The van der Waals surface area contributed by atoms with Crippen molar-refractivity contribution >= 4 is 50.5 Å². The Balaban J connectivity index is 2.48. The molecule has 0 bridgehead atoms. The monoisotopic (exact) mass is 434 g/mol. The summed E-state index contributed by atoms with van der Waals surface area (Å²) >= 11 is 7.40. The number of Topliss-reactive ketones (excluding diaryl/α,β-unsaturated/α-hetero) is 1. The van der Waals surface area contributed by atoms with Crippen LogP contribution in [0, 0.1) is 0 Å². The SMILES string of the molecule is CC(=O)c1cc(Cl)c([C@]2(C)CS(=O)(=O)C(C)/C(=N\C(=O)OC(C)(C)C)N2)s1. The van der Waals surface area contributed by atoms with Crippen LogP contribution in [0.3, 0.4) is 0 Å². The lowest BCUT2D eigenvalue weighted by Gasteiger charge is -2.38. The second kappa shape index (κ2) is 7.18. The van der Waals surface area contributed by atoms with Crippen LogP contribution in [-0.4, -0.2) is 42.7 Å². The van der Waals surface area contributed by atoms with Gasteiger partial charge in [0.2, 0.25) is 0 Å². The lowest BCUT2D eigenvalue weighted by atomic mass is 10.0. The summed E-state index contributed by atoms with van der Waals surface area (Å²) in [5.74, 6) is -0.412. The van der Waals surface area contributed by atoms with E-state index in [4.69, 9.17) is 16.3 Å². The van der Waals surface area contributed by atoms with Gasteiger partial charge < -0.3 is 10.1 Å². The third-order valence-electron chi connectivity index (χ3n) is 3.96. The lowest BCUT2D eigenvalue weighted by molar-refractivity contribution is 0.0603. The zero-order valence-electron chi connectivity index (χ0n) is 16.0. The molecule has 27 heavy (non-hydrogen) atoms. The molecule has 2 heterocycles. The molecule has 1 fully saturated rings. The van der Waals surface area contributed by atoms with E-state index >= 15 is 0 Å². The van der Waals surface area contributed by atoms with Gasteiger partial charge >= 0.3 is 6.09 Å². The van der Waals surface area contributed by atoms with Gasteiger partial charge in [-0.2, -0.15) is 4.99 Å². The number of amides is 1. The summed E-state index contributed by atoms with van der Waals surface area (Å²) in [6, 6.07) is 1.52. The first-order valence-corrected chi connectivity index (χ1v) is 11.2. The van der Waals surface area contributed by atoms with Gasteiger partial charge in [-0.1, -0.05) is 11.6 Å². The molecule has 150 valence electrons. The molecule has 0 saturated carbocycles. The molecule has 1 aromatic rings. The first-order valence-electron chi connectivity index (χ1n) is 8.27. The molecular weight excluding hydrogens is 412 g/mol. The van der Waals surface area contributed by atoms with E-state index in [-0.39, 0.29) is 17.4 Å². The number of hydrogen-bond donors (Lipinski definition) is 1. The van der Waals surface area contributed by atoms with Gasteiger partial charge in [0.15, 0.2) is 15.6 Å². The van der Waals surface area contributed by atoms with Crippen molar-refractivity contribution in [3.05, 3.63) is 20.8 Å². The highest BCUT2D eigenvalue weighted by atomic mass is 35.5. The van der Waals surface area contributed by atoms with Gasteiger partial charge in [0.05, 0.1) is 26.1 Å². The summed E-state index contributed by atoms with van der Waals surface area (Å²) in [4.78, 5) is 28.5. The molecule has 1 saturated heterocycles. The van der Waals surface area contributed by atoms with Crippen molar-refractivity contribution < 1.29 is 22.7 Å². The van der Waals surface area contributed by atoms with E-state index in [2.05, 4.69) is 10.3 Å². The molecule has 0 aliphatic carbocycles. The molecule has 1 aliphatic heterocycles. The molecule has 2 atom stereocenters. The number of ketones is 1. The largest absolute Gasteiger partial charge is 0.442 e. The Bertz CT molecular complexity index is 914. The molecule has 1 aliphatic rings. The highest BCUT2D eigenvalue weighted by Crippen LogP contribution is 2.39. The Kier molecular flexibility index (Phi) is 5.81. The first-order chi connectivity index (χ1) is 12.1. The van der Waals surface area contributed by atoms with Gasteiger partial charge in [0, 0.05) is 0 Å². The van der Waals surface area contributed by atoms with Crippen LogP contribution in [0.15, 0.2) is 11.1 Å². The molecule has 0 spiro atoms. The van der Waals surface area contributed by atoms with Crippen LogP contribution in [0.5, 0.6) is 0 Å². The molecule has 1 aromatic heterocycles. The second-order valence-corrected chi connectivity index (χ2v) is 11.5. The third-order valence-corrected chi connectivity index (χ3v) is 8.15. The van der Waals surface area contributed by atoms with E-state index in [1.54, 1.807) is 27.7 Å². The van der Waals surface area contributed by atoms with E-state index < -0.39 is 32.3 Å². The van der Waals surface area contributed by atoms with E-state index in [1.807, 2.05) is 0 Å². The average Bonchev–Trinajstić information content (AvgIpc) is 2.85. The van der Waals surface area contributed by atoms with Gasteiger partial charge in [0.1, 0.15) is 16.7 Å². The number of sulfone groups is 1. The molecule has 0 radical (unpaired) electrons. The Labute approximate surface area is 168 Å². The van der Waals surface area contributed by atoms with E-state index in [0.717, 1.165) is 11.3 Å². The minimum Gasteiger partial charge on any atom is -0.442 e. The van der Waals surface area contributed by atoms with Crippen LogP contribution < -0.4 is 5.32 Å². The number of rotatable bonds is 2. The minimum atomic E-state index is -3.62. The normalized spacial score (nSPS) is 26.5. The van der Waals surface area contributed by atoms with E-state index in [9.17, 15) is 18.0 Å². The number of hydrogen-bond acceptors (Lipinski definition) is 6. The van der Waals surface area contributed by atoms with Crippen LogP contribution in [0.2, 0.25) is 5.02 Å². The number of ether oxygens (including phenoxy) is 1. The number of nitrogens with zero attached hydrogens (tertiary/aromatic N) is 1. The van der Waals surface area contributed by atoms with Crippen LogP contribution in [0.25, 0.3) is 0 Å². The molecule has 1 unspecified atom stereocenters. The molecular formula is C17H23ClN2O5S2. The highest BCUT2D eigenvalue weighted by Gasteiger charge is 2.46.